The molecule has 0 fully saturated rings. The Morgan fingerprint density at radius 1 is 1.17 bits per heavy atom. The van der Waals surface area contributed by atoms with Crippen molar-refractivity contribution in [1.82, 2.24) is 20.4 Å². The molecule has 2 aromatic heterocycles. The lowest BCUT2D eigenvalue weighted by Gasteiger charge is -2.06. The van der Waals surface area contributed by atoms with Gasteiger partial charge >= 0.3 is 0 Å². The number of H-pyrrole nitrogens is 1. The van der Waals surface area contributed by atoms with Gasteiger partial charge in [0.05, 0.1) is 17.8 Å². The first-order valence-corrected chi connectivity index (χ1v) is 6.29. The fraction of sp³-hybridized carbons (Fsp3) is 0.0833. The van der Waals surface area contributed by atoms with E-state index in [2.05, 4.69) is 20.4 Å². The lowest BCUT2D eigenvalue weighted by Crippen LogP contribution is -2.11. The molecule has 1 unspecified atom stereocenters. The van der Waals surface area contributed by atoms with Crippen LogP contribution in [0.1, 0.15) is 16.6 Å². The number of aromatic nitrogens is 4. The molecule has 1 atom stereocenters. The normalized spacial score (nSPS) is 12.5. The monoisotopic (exact) mass is 257 g/mol. The third kappa shape index (κ3) is 2.03. The Hall–Kier alpha value is -2.05. The van der Waals surface area contributed by atoms with Gasteiger partial charge in [-0.1, -0.05) is 41.7 Å². The number of benzene rings is 1. The summed E-state index contributed by atoms with van der Waals surface area (Å²) in [6.45, 7) is 0. The lowest BCUT2D eigenvalue weighted by molar-refractivity contribution is 0.831. The van der Waals surface area contributed by atoms with Crippen molar-refractivity contribution < 1.29 is 0 Å². The minimum absolute atomic E-state index is 0.232. The Balaban J connectivity index is 1.90. The van der Waals surface area contributed by atoms with Crippen molar-refractivity contribution in [2.24, 2.45) is 5.73 Å². The van der Waals surface area contributed by atoms with Gasteiger partial charge in [0, 0.05) is 6.20 Å². The largest absolute Gasteiger partial charge is 0.318 e. The Bertz CT molecular complexity index is 617. The molecule has 6 heteroatoms. The maximum absolute atomic E-state index is 6.17. The summed E-state index contributed by atoms with van der Waals surface area (Å²) in [6, 6.07) is 9.64. The van der Waals surface area contributed by atoms with Crippen LogP contribution < -0.4 is 5.73 Å². The fourth-order valence-corrected chi connectivity index (χ4v) is 2.50. The molecule has 0 amide bonds. The molecule has 3 aromatic rings. The van der Waals surface area contributed by atoms with Crippen LogP contribution in [0.15, 0.2) is 42.7 Å². The molecule has 0 radical (unpaired) electrons. The standard InChI is InChI=1S/C12H11N5S/c13-10(8-4-2-1-3-5-8)12-17-16-11(18-12)9-6-14-15-7-9/h1-7,10H,13H2,(H,14,15). The van der Waals surface area contributed by atoms with Crippen LogP contribution in [0.4, 0.5) is 0 Å². The summed E-state index contributed by atoms with van der Waals surface area (Å²) < 4.78 is 0. The van der Waals surface area contributed by atoms with Gasteiger partial charge < -0.3 is 5.73 Å². The second-order valence-electron chi connectivity index (χ2n) is 3.82. The summed E-state index contributed by atoms with van der Waals surface area (Å²) in [4.78, 5) is 0. The van der Waals surface area contributed by atoms with E-state index in [1.807, 2.05) is 30.3 Å². The van der Waals surface area contributed by atoms with E-state index in [1.165, 1.54) is 11.3 Å². The Morgan fingerprint density at radius 3 is 2.72 bits per heavy atom. The molecule has 0 spiro atoms. The number of nitrogens with zero attached hydrogens (tertiary/aromatic N) is 3. The molecule has 1 aromatic carbocycles. The van der Waals surface area contributed by atoms with Gasteiger partial charge in [0.25, 0.3) is 0 Å². The second-order valence-corrected chi connectivity index (χ2v) is 4.83. The summed E-state index contributed by atoms with van der Waals surface area (Å²) in [5, 5.41) is 16.6. The molecule has 0 aliphatic rings. The summed E-state index contributed by atoms with van der Waals surface area (Å²) in [5.41, 5.74) is 8.13. The van der Waals surface area contributed by atoms with E-state index in [4.69, 9.17) is 5.73 Å². The zero-order valence-electron chi connectivity index (χ0n) is 9.45. The minimum atomic E-state index is -0.232. The Labute approximate surface area is 108 Å². The van der Waals surface area contributed by atoms with Gasteiger partial charge in [0.2, 0.25) is 0 Å². The van der Waals surface area contributed by atoms with Crippen molar-refractivity contribution >= 4 is 11.3 Å². The first-order valence-electron chi connectivity index (χ1n) is 5.47. The van der Waals surface area contributed by atoms with Gasteiger partial charge in [-0.05, 0) is 5.56 Å². The van der Waals surface area contributed by atoms with E-state index in [1.54, 1.807) is 12.4 Å². The molecule has 0 saturated heterocycles. The van der Waals surface area contributed by atoms with Crippen molar-refractivity contribution in [3.8, 4) is 10.6 Å². The van der Waals surface area contributed by atoms with Crippen LogP contribution in [-0.2, 0) is 0 Å². The Kier molecular flexibility index (Phi) is 2.87. The first kappa shape index (κ1) is 11.1. The fourth-order valence-electron chi connectivity index (χ4n) is 1.65. The number of nitrogens with two attached hydrogens (primary N) is 1. The van der Waals surface area contributed by atoms with Crippen molar-refractivity contribution in [2.75, 3.05) is 0 Å². The van der Waals surface area contributed by atoms with Crippen molar-refractivity contribution in [3.63, 3.8) is 0 Å². The summed E-state index contributed by atoms with van der Waals surface area (Å²) in [7, 11) is 0. The third-order valence-corrected chi connectivity index (χ3v) is 3.67. The smallest absolute Gasteiger partial charge is 0.151 e. The van der Waals surface area contributed by atoms with E-state index in [-0.39, 0.29) is 6.04 Å². The molecule has 3 N–H and O–H groups in total. The van der Waals surface area contributed by atoms with Crippen molar-refractivity contribution in [2.45, 2.75) is 6.04 Å². The molecule has 3 rings (SSSR count). The third-order valence-electron chi connectivity index (χ3n) is 2.61. The summed E-state index contributed by atoms with van der Waals surface area (Å²) >= 11 is 1.49. The van der Waals surface area contributed by atoms with Gasteiger partial charge in [-0.25, -0.2) is 0 Å². The summed E-state index contributed by atoms with van der Waals surface area (Å²) in [5.74, 6) is 0. The highest BCUT2D eigenvalue weighted by Crippen LogP contribution is 2.27. The predicted octanol–water partition coefficient (Wildman–Crippen LogP) is 1.98. The highest BCUT2D eigenvalue weighted by molar-refractivity contribution is 7.14. The molecule has 18 heavy (non-hydrogen) atoms. The topological polar surface area (TPSA) is 80.5 Å². The van der Waals surface area contributed by atoms with Crippen molar-refractivity contribution in [1.29, 1.82) is 0 Å². The zero-order chi connectivity index (χ0) is 12.4. The maximum Gasteiger partial charge on any atom is 0.151 e. The molecular weight excluding hydrogens is 246 g/mol. The van der Waals surface area contributed by atoms with Crippen LogP contribution in [0, 0.1) is 0 Å². The lowest BCUT2D eigenvalue weighted by atomic mass is 10.1. The van der Waals surface area contributed by atoms with Crippen molar-refractivity contribution in [3.05, 3.63) is 53.3 Å². The van der Waals surface area contributed by atoms with Crippen LogP contribution in [-0.4, -0.2) is 20.4 Å². The van der Waals surface area contributed by atoms with Crippen LogP contribution in [0.3, 0.4) is 0 Å². The quantitative estimate of drug-likeness (QED) is 0.751. The molecule has 5 nitrogen and oxygen atoms in total. The van der Waals surface area contributed by atoms with E-state index in [0.29, 0.717) is 0 Å². The molecule has 90 valence electrons. The molecular formula is C12H11N5S. The zero-order valence-corrected chi connectivity index (χ0v) is 10.3. The first-order chi connectivity index (χ1) is 8.84. The molecule has 2 heterocycles. The van der Waals surface area contributed by atoms with Gasteiger partial charge in [-0.15, -0.1) is 10.2 Å². The van der Waals surface area contributed by atoms with Gasteiger partial charge in [0.1, 0.15) is 5.01 Å². The van der Waals surface area contributed by atoms with Crippen LogP contribution in [0.25, 0.3) is 10.6 Å². The number of hydrogen-bond acceptors (Lipinski definition) is 5. The maximum atomic E-state index is 6.17. The van der Waals surface area contributed by atoms with Crippen LogP contribution in [0.5, 0.6) is 0 Å². The highest BCUT2D eigenvalue weighted by Gasteiger charge is 2.15. The number of nitrogens with one attached hydrogen (secondary N) is 1. The summed E-state index contributed by atoms with van der Waals surface area (Å²) in [6.07, 6.45) is 3.51. The van der Waals surface area contributed by atoms with E-state index >= 15 is 0 Å². The van der Waals surface area contributed by atoms with E-state index in [9.17, 15) is 0 Å². The van der Waals surface area contributed by atoms with E-state index < -0.39 is 0 Å². The van der Waals surface area contributed by atoms with Gasteiger partial charge in [0.15, 0.2) is 5.01 Å². The Morgan fingerprint density at radius 2 is 2.00 bits per heavy atom. The van der Waals surface area contributed by atoms with Crippen LogP contribution >= 0.6 is 11.3 Å². The van der Waals surface area contributed by atoms with Crippen LogP contribution in [0.2, 0.25) is 0 Å². The predicted molar refractivity (Wildman–Crippen MR) is 70.0 cm³/mol. The molecule has 0 bridgehead atoms. The van der Waals surface area contributed by atoms with Gasteiger partial charge in [-0.2, -0.15) is 5.10 Å². The average molecular weight is 257 g/mol. The highest BCUT2D eigenvalue weighted by atomic mass is 32.1. The SMILES string of the molecule is NC(c1ccccc1)c1nnc(-c2cn[nH]c2)s1. The number of aromatic amines is 1. The second kappa shape index (κ2) is 4.67. The number of rotatable bonds is 3. The molecule has 0 aliphatic carbocycles. The van der Waals surface area contributed by atoms with E-state index in [0.717, 1.165) is 21.1 Å². The molecule has 0 aliphatic heterocycles. The van der Waals surface area contributed by atoms with Gasteiger partial charge in [-0.3, -0.25) is 5.10 Å². The molecule has 0 saturated carbocycles. The number of hydrogen-bond donors (Lipinski definition) is 2. The average Bonchev–Trinajstić information content (AvgIpc) is 3.09. The minimum Gasteiger partial charge on any atom is -0.318 e.